The fourth-order valence-corrected chi connectivity index (χ4v) is 1.99. The van der Waals surface area contributed by atoms with Crippen LogP contribution in [0.5, 0.6) is 0 Å². The van der Waals surface area contributed by atoms with Gasteiger partial charge in [0, 0.05) is 11.8 Å². The highest BCUT2D eigenvalue weighted by Crippen LogP contribution is 2.28. The molecule has 112 valence electrons. The Bertz CT molecular complexity index is 822. The number of hydrogen-bond donors (Lipinski definition) is 1. The third kappa shape index (κ3) is 2.18. The van der Waals surface area contributed by atoms with Gasteiger partial charge in [0.25, 0.3) is 0 Å². The van der Waals surface area contributed by atoms with Crippen LogP contribution < -0.4 is 5.73 Å². The third-order valence-corrected chi connectivity index (χ3v) is 3.01. The molecular formula is C14H9F2N3O3. The van der Waals surface area contributed by atoms with E-state index in [4.69, 9.17) is 11.0 Å². The average molecular weight is 305 g/mol. The van der Waals surface area contributed by atoms with Gasteiger partial charge in [0.1, 0.15) is 6.07 Å². The number of ether oxygens (including phenoxy) is 1. The van der Waals surface area contributed by atoms with Crippen molar-refractivity contribution in [2.24, 2.45) is 0 Å². The van der Waals surface area contributed by atoms with Gasteiger partial charge in [-0.15, -0.1) is 0 Å². The summed E-state index contributed by atoms with van der Waals surface area (Å²) in [5.41, 5.74) is 4.15. The molecule has 2 rings (SSSR count). The molecule has 0 spiro atoms. The number of aldehydes is 1. The Morgan fingerprint density at radius 2 is 2.14 bits per heavy atom. The van der Waals surface area contributed by atoms with Gasteiger partial charge in [-0.3, -0.25) is 4.79 Å². The predicted octanol–water partition coefficient (Wildman–Crippen LogP) is 1.81. The highest BCUT2D eigenvalue weighted by Gasteiger charge is 2.25. The van der Waals surface area contributed by atoms with Crippen LogP contribution in [0.2, 0.25) is 0 Å². The minimum atomic E-state index is -1.35. The molecule has 1 heterocycles. The molecule has 0 amide bonds. The Labute approximate surface area is 123 Å². The number of benzene rings is 1. The minimum absolute atomic E-state index is 0.138. The molecule has 22 heavy (non-hydrogen) atoms. The molecule has 0 aliphatic rings. The summed E-state index contributed by atoms with van der Waals surface area (Å²) in [6.07, 6.45) is 1.33. The van der Waals surface area contributed by atoms with Crippen LogP contribution in [0, 0.1) is 23.0 Å². The van der Waals surface area contributed by atoms with Crippen LogP contribution in [0.3, 0.4) is 0 Å². The van der Waals surface area contributed by atoms with Crippen LogP contribution in [0.1, 0.15) is 26.4 Å². The number of hydrogen-bond acceptors (Lipinski definition) is 5. The first kappa shape index (κ1) is 15.2. The zero-order chi connectivity index (χ0) is 16.4. The smallest absolute Gasteiger partial charge is 0.357 e. The zero-order valence-electron chi connectivity index (χ0n) is 11.3. The molecule has 0 unspecified atom stereocenters. The summed E-state index contributed by atoms with van der Waals surface area (Å²) in [5, 5.41) is 8.98. The summed E-state index contributed by atoms with van der Waals surface area (Å²) in [6.45, 7) is 0. The molecule has 0 fully saturated rings. The summed E-state index contributed by atoms with van der Waals surface area (Å²) in [6, 6.07) is 3.54. The first-order valence-corrected chi connectivity index (χ1v) is 5.89. The van der Waals surface area contributed by atoms with Gasteiger partial charge < -0.3 is 15.0 Å². The minimum Gasteiger partial charge on any atom is -0.464 e. The van der Waals surface area contributed by atoms with Gasteiger partial charge in [-0.2, -0.15) is 5.26 Å². The number of carbonyl (C=O) groups excluding carboxylic acids is 2. The van der Waals surface area contributed by atoms with Crippen molar-refractivity contribution < 1.29 is 23.1 Å². The molecule has 8 heteroatoms. The second-order valence-corrected chi connectivity index (χ2v) is 4.20. The molecule has 2 N–H and O–H groups in total. The van der Waals surface area contributed by atoms with Crippen LogP contribution in [-0.4, -0.2) is 23.9 Å². The second kappa shape index (κ2) is 5.65. The molecule has 1 aromatic heterocycles. The van der Waals surface area contributed by atoms with E-state index in [0.717, 1.165) is 30.0 Å². The van der Waals surface area contributed by atoms with E-state index in [9.17, 15) is 18.4 Å². The van der Waals surface area contributed by atoms with Crippen LogP contribution in [0.25, 0.3) is 5.69 Å². The number of nitrogen functional groups attached to an aromatic ring is 1. The molecule has 6 nitrogen and oxygen atoms in total. The van der Waals surface area contributed by atoms with Crippen molar-refractivity contribution in [2.75, 3.05) is 12.8 Å². The Balaban J connectivity index is 2.90. The third-order valence-electron chi connectivity index (χ3n) is 3.01. The molecule has 0 atom stereocenters. The molecule has 0 aliphatic carbocycles. The van der Waals surface area contributed by atoms with Crippen molar-refractivity contribution >= 4 is 17.9 Å². The maximum absolute atomic E-state index is 14.1. The highest BCUT2D eigenvalue weighted by molar-refractivity contribution is 5.96. The van der Waals surface area contributed by atoms with E-state index < -0.39 is 23.3 Å². The Hall–Kier alpha value is -3.21. The maximum atomic E-state index is 14.1. The van der Waals surface area contributed by atoms with Crippen LogP contribution in [-0.2, 0) is 4.74 Å². The number of nitriles is 1. The standard InChI is InChI=1S/C14H9F2N3O3/c1-22-14(21)13-11(18)8(4-17)5-19(13)12-7(6-20)2-3-9(15)10(12)16/h2-3,5-6H,18H2,1H3. The lowest BCUT2D eigenvalue weighted by Gasteiger charge is -2.12. The Morgan fingerprint density at radius 1 is 1.45 bits per heavy atom. The number of esters is 1. The number of halogens is 2. The lowest BCUT2D eigenvalue weighted by molar-refractivity contribution is 0.0592. The monoisotopic (exact) mass is 305 g/mol. The van der Waals surface area contributed by atoms with Gasteiger partial charge in [-0.05, 0) is 12.1 Å². The van der Waals surface area contributed by atoms with Crippen molar-refractivity contribution in [3.8, 4) is 11.8 Å². The summed E-state index contributed by atoms with van der Waals surface area (Å²) in [5.74, 6) is -3.53. The number of nitrogens with two attached hydrogens (primary N) is 1. The maximum Gasteiger partial charge on any atom is 0.357 e. The number of carbonyl (C=O) groups is 2. The molecule has 0 saturated heterocycles. The number of methoxy groups -OCH3 is 1. The van der Waals surface area contributed by atoms with E-state index in [1.807, 2.05) is 0 Å². The molecule has 0 aliphatic heterocycles. The van der Waals surface area contributed by atoms with Crippen molar-refractivity contribution in [3.63, 3.8) is 0 Å². The zero-order valence-corrected chi connectivity index (χ0v) is 11.3. The number of anilines is 1. The van der Waals surface area contributed by atoms with Gasteiger partial charge in [-0.25, -0.2) is 13.6 Å². The molecule has 0 bridgehead atoms. The van der Waals surface area contributed by atoms with E-state index in [2.05, 4.69) is 4.74 Å². The summed E-state index contributed by atoms with van der Waals surface area (Å²) in [7, 11) is 1.06. The SMILES string of the molecule is COC(=O)c1c(N)c(C#N)cn1-c1c(C=O)ccc(F)c1F. The van der Waals surface area contributed by atoms with Gasteiger partial charge in [0.05, 0.1) is 24.0 Å². The van der Waals surface area contributed by atoms with Crippen molar-refractivity contribution in [1.29, 1.82) is 5.26 Å². The lowest BCUT2D eigenvalue weighted by atomic mass is 10.1. The molecule has 0 radical (unpaired) electrons. The quantitative estimate of drug-likeness (QED) is 0.689. The first-order chi connectivity index (χ1) is 10.5. The normalized spacial score (nSPS) is 10.1. The Morgan fingerprint density at radius 3 is 2.68 bits per heavy atom. The average Bonchev–Trinajstić information content (AvgIpc) is 2.85. The summed E-state index contributed by atoms with van der Waals surface area (Å²) in [4.78, 5) is 22.9. The Kier molecular flexibility index (Phi) is 3.90. The highest BCUT2D eigenvalue weighted by atomic mass is 19.2. The number of nitrogens with zero attached hydrogens (tertiary/aromatic N) is 2. The van der Waals surface area contributed by atoms with Gasteiger partial charge in [0.2, 0.25) is 0 Å². The second-order valence-electron chi connectivity index (χ2n) is 4.20. The van der Waals surface area contributed by atoms with Gasteiger partial charge >= 0.3 is 5.97 Å². The molecular weight excluding hydrogens is 296 g/mol. The van der Waals surface area contributed by atoms with E-state index >= 15 is 0 Å². The van der Waals surface area contributed by atoms with Crippen molar-refractivity contribution in [3.05, 3.63) is 46.8 Å². The van der Waals surface area contributed by atoms with Crippen molar-refractivity contribution in [1.82, 2.24) is 4.57 Å². The summed E-state index contributed by atoms with van der Waals surface area (Å²) >= 11 is 0. The van der Waals surface area contributed by atoms with Crippen LogP contribution in [0.15, 0.2) is 18.3 Å². The van der Waals surface area contributed by atoms with E-state index in [0.29, 0.717) is 6.29 Å². The fraction of sp³-hybridized carbons (Fsp3) is 0.0714. The molecule has 0 saturated carbocycles. The first-order valence-electron chi connectivity index (χ1n) is 5.89. The number of rotatable bonds is 3. The lowest BCUT2D eigenvalue weighted by Crippen LogP contribution is -2.14. The largest absolute Gasteiger partial charge is 0.464 e. The molecule has 2 aromatic rings. The topological polar surface area (TPSA) is 98.1 Å². The van der Waals surface area contributed by atoms with Crippen LogP contribution >= 0.6 is 0 Å². The summed E-state index contributed by atoms with van der Waals surface area (Å²) < 4.78 is 32.9. The van der Waals surface area contributed by atoms with E-state index in [-0.39, 0.29) is 22.5 Å². The van der Waals surface area contributed by atoms with Crippen LogP contribution in [0.4, 0.5) is 14.5 Å². The van der Waals surface area contributed by atoms with E-state index in [1.54, 1.807) is 6.07 Å². The van der Waals surface area contributed by atoms with E-state index in [1.165, 1.54) is 0 Å². The van der Waals surface area contributed by atoms with Crippen molar-refractivity contribution in [2.45, 2.75) is 0 Å². The fourth-order valence-electron chi connectivity index (χ4n) is 1.99. The predicted molar refractivity (Wildman–Crippen MR) is 71.5 cm³/mol. The molecule has 1 aromatic carbocycles. The van der Waals surface area contributed by atoms with Gasteiger partial charge in [-0.1, -0.05) is 0 Å². The number of aromatic nitrogens is 1. The van der Waals surface area contributed by atoms with Gasteiger partial charge in [0.15, 0.2) is 23.6 Å².